The van der Waals surface area contributed by atoms with Gasteiger partial charge in [-0.1, -0.05) is 19.3 Å². The topological polar surface area (TPSA) is 38.3 Å². The molecule has 0 heterocycles. The van der Waals surface area contributed by atoms with Crippen molar-refractivity contribution in [2.24, 2.45) is 0 Å². The number of halogens is 1. The predicted molar refractivity (Wildman–Crippen MR) is 61.2 cm³/mol. The number of carbonyl (C=O) groups is 1. The SMILES string of the molecule is CCOCC(=O)NC1(CCl)CCCCC1. The van der Waals surface area contributed by atoms with Gasteiger partial charge in [-0.25, -0.2) is 0 Å². The van der Waals surface area contributed by atoms with Gasteiger partial charge >= 0.3 is 0 Å². The predicted octanol–water partition coefficient (Wildman–Crippen LogP) is 2.08. The van der Waals surface area contributed by atoms with Crippen LogP contribution in [0, 0.1) is 0 Å². The summed E-state index contributed by atoms with van der Waals surface area (Å²) >= 11 is 5.96. The van der Waals surface area contributed by atoms with E-state index in [0.29, 0.717) is 12.5 Å². The Balaban J connectivity index is 2.40. The van der Waals surface area contributed by atoms with Crippen LogP contribution in [0.2, 0.25) is 0 Å². The third kappa shape index (κ3) is 3.99. The minimum absolute atomic E-state index is 0.0422. The summed E-state index contributed by atoms with van der Waals surface area (Å²) < 4.78 is 5.07. The average molecular weight is 234 g/mol. The molecule has 15 heavy (non-hydrogen) atoms. The molecule has 0 aromatic rings. The lowest BCUT2D eigenvalue weighted by atomic mass is 9.83. The second-order valence-electron chi connectivity index (χ2n) is 4.16. The molecule has 1 amide bonds. The highest BCUT2D eigenvalue weighted by molar-refractivity contribution is 6.18. The maximum Gasteiger partial charge on any atom is 0.246 e. The summed E-state index contributed by atoms with van der Waals surface area (Å²) in [7, 11) is 0. The van der Waals surface area contributed by atoms with E-state index >= 15 is 0 Å². The summed E-state index contributed by atoms with van der Waals surface area (Å²) in [6, 6.07) is 0. The van der Waals surface area contributed by atoms with Gasteiger partial charge in [0.25, 0.3) is 0 Å². The lowest BCUT2D eigenvalue weighted by molar-refractivity contribution is -0.127. The second kappa shape index (κ2) is 6.33. The van der Waals surface area contributed by atoms with Crippen LogP contribution in [0.15, 0.2) is 0 Å². The normalized spacial score (nSPS) is 19.9. The number of rotatable bonds is 5. The minimum atomic E-state index is -0.173. The molecule has 0 atom stereocenters. The summed E-state index contributed by atoms with van der Waals surface area (Å²) in [5.74, 6) is 0.463. The van der Waals surface area contributed by atoms with Crippen LogP contribution in [0.1, 0.15) is 39.0 Å². The van der Waals surface area contributed by atoms with Gasteiger partial charge in [0.2, 0.25) is 5.91 Å². The van der Waals surface area contributed by atoms with Crippen LogP contribution in [-0.2, 0) is 9.53 Å². The molecule has 0 unspecified atom stereocenters. The first-order chi connectivity index (χ1) is 7.22. The number of hydrogen-bond acceptors (Lipinski definition) is 2. The fourth-order valence-electron chi connectivity index (χ4n) is 2.05. The van der Waals surface area contributed by atoms with E-state index in [1.807, 2.05) is 6.92 Å². The Morgan fingerprint density at radius 1 is 1.40 bits per heavy atom. The van der Waals surface area contributed by atoms with Crippen molar-refractivity contribution in [1.29, 1.82) is 0 Å². The zero-order valence-corrected chi connectivity index (χ0v) is 10.1. The van der Waals surface area contributed by atoms with Crippen molar-refractivity contribution in [3.05, 3.63) is 0 Å². The monoisotopic (exact) mass is 233 g/mol. The van der Waals surface area contributed by atoms with E-state index in [2.05, 4.69) is 5.32 Å². The highest BCUT2D eigenvalue weighted by Crippen LogP contribution is 2.29. The van der Waals surface area contributed by atoms with Crippen LogP contribution >= 0.6 is 11.6 Å². The lowest BCUT2D eigenvalue weighted by Crippen LogP contribution is -2.52. The fraction of sp³-hybridized carbons (Fsp3) is 0.909. The second-order valence-corrected chi connectivity index (χ2v) is 4.43. The van der Waals surface area contributed by atoms with E-state index < -0.39 is 0 Å². The summed E-state index contributed by atoms with van der Waals surface area (Å²) in [6.07, 6.45) is 5.55. The third-order valence-electron chi connectivity index (χ3n) is 2.91. The molecular weight excluding hydrogens is 214 g/mol. The molecule has 1 rings (SSSR count). The van der Waals surface area contributed by atoms with Gasteiger partial charge in [-0.05, 0) is 19.8 Å². The summed E-state index contributed by atoms with van der Waals surface area (Å²) in [5, 5.41) is 3.02. The zero-order valence-electron chi connectivity index (χ0n) is 9.35. The lowest BCUT2D eigenvalue weighted by Gasteiger charge is -2.36. The van der Waals surface area contributed by atoms with Crippen molar-refractivity contribution >= 4 is 17.5 Å². The molecule has 1 fully saturated rings. The third-order valence-corrected chi connectivity index (χ3v) is 3.42. The van der Waals surface area contributed by atoms with Crippen molar-refractivity contribution in [3.63, 3.8) is 0 Å². The summed E-state index contributed by atoms with van der Waals surface area (Å²) in [5.41, 5.74) is -0.173. The van der Waals surface area contributed by atoms with Crippen molar-refractivity contribution in [2.75, 3.05) is 19.1 Å². The van der Waals surface area contributed by atoms with E-state index in [1.54, 1.807) is 0 Å². The van der Waals surface area contributed by atoms with Crippen molar-refractivity contribution in [1.82, 2.24) is 5.32 Å². The van der Waals surface area contributed by atoms with Gasteiger partial charge in [-0.15, -0.1) is 11.6 Å². The van der Waals surface area contributed by atoms with Gasteiger partial charge in [0.05, 0.1) is 5.54 Å². The Kier molecular flexibility index (Phi) is 5.40. The smallest absolute Gasteiger partial charge is 0.246 e. The minimum Gasteiger partial charge on any atom is -0.372 e. The number of hydrogen-bond donors (Lipinski definition) is 1. The maximum absolute atomic E-state index is 11.5. The van der Waals surface area contributed by atoms with Crippen LogP contribution in [0.5, 0.6) is 0 Å². The quantitative estimate of drug-likeness (QED) is 0.739. The van der Waals surface area contributed by atoms with Gasteiger partial charge in [0.1, 0.15) is 6.61 Å². The van der Waals surface area contributed by atoms with E-state index in [9.17, 15) is 4.79 Å². The number of alkyl halides is 1. The van der Waals surface area contributed by atoms with E-state index in [0.717, 1.165) is 25.7 Å². The molecule has 0 radical (unpaired) electrons. The fourth-order valence-corrected chi connectivity index (χ4v) is 2.38. The number of carbonyl (C=O) groups excluding carboxylic acids is 1. The molecular formula is C11H20ClNO2. The molecule has 0 aromatic heterocycles. The van der Waals surface area contributed by atoms with Gasteiger partial charge in [0, 0.05) is 12.5 Å². The standard InChI is InChI=1S/C11H20ClNO2/c1-2-15-8-10(14)13-11(9-12)6-4-3-5-7-11/h2-9H2,1H3,(H,13,14). The molecule has 0 aromatic carbocycles. The summed E-state index contributed by atoms with van der Waals surface area (Å²) in [6.45, 7) is 2.60. The van der Waals surface area contributed by atoms with Crippen LogP contribution in [0.4, 0.5) is 0 Å². The van der Waals surface area contributed by atoms with Crippen LogP contribution < -0.4 is 5.32 Å². The Labute approximate surface area is 96.5 Å². The number of ether oxygens (including phenoxy) is 1. The molecule has 1 aliphatic carbocycles. The molecule has 4 heteroatoms. The number of amides is 1. The molecule has 0 saturated heterocycles. The van der Waals surface area contributed by atoms with Crippen molar-refractivity contribution in [2.45, 2.75) is 44.6 Å². The van der Waals surface area contributed by atoms with Gasteiger partial charge < -0.3 is 10.1 Å². The van der Waals surface area contributed by atoms with E-state index in [1.165, 1.54) is 6.42 Å². The van der Waals surface area contributed by atoms with Crippen LogP contribution in [0.3, 0.4) is 0 Å². The van der Waals surface area contributed by atoms with Crippen LogP contribution in [0.25, 0.3) is 0 Å². The first-order valence-corrected chi connectivity index (χ1v) is 6.20. The highest BCUT2D eigenvalue weighted by atomic mass is 35.5. The number of nitrogens with one attached hydrogen (secondary N) is 1. The molecule has 1 aliphatic rings. The van der Waals surface area contributed by atoms with E-state index in [4.69, 9.17) is 16.3 Å². The Bertz CT molecular complexity index is 203. The first-order valence-electron chi connectivity index (χ1n) is 5.67. The Morgan fingerprint density at radius 3 is 2.60 bits per heavy atom. The zero-order chi connectivity index (χ0) is 11.1. The molecule has 1 saturated carbocycles. The van der Waals surface area contributed by atoms with Gasteiger partial charge in [-0.3, -0.25) is 4.79 Å². The molecule has 0 spiro atoms. The molecule has 88 valence electrons. The van der Waals surface area contributed by atoms with Crippen LogP contribution in [-0.4, -0.2) is 30.5 Å². The molecule has 0 bridgehead atoms. The molecule has 0 aliphatic heterocycles. The van der Waals surface area contributed by atoms with Crippen molar-refractivity contribution in [3.8, 4) is 0 Å². The maximum atomic E-state index is 11.5. The average Bonchev–Trinajstić information content (AvgIpc) is 2.27. The molecule has 1 N–H and O–H groups in total. The van der Waals surface area contributed by atoms with Gasteiger partial charge in [0.15, 0.2) is 0 Å². The largest absolute Gasteiger partial charge is 0.372 e. The van der Waals surface area contributed by atoms with Crippen molar-refractivity contribution < 1.29 is 9.53 Å². The Morgan fingerprint density at radius 2 is 2.07 bits per heavy atom. The highest BCUT2D eigenvalue weighted by Gasteiger charge is 2.32. The Hall–Kier alpha value is -0.280. The molecule has 3 nitrogen and oxygen atoms in total. The van der Waals surface area contributed by atoms with E-state index in [-0.39, 0.29) is 18.1 Å². The van der Waals surface area contributed by atoms with Gasteiger partial charge in [-0.2, -0.15) is 0 Å². The first kappa shape index (κ1) is 12.8. The summed E-state index contributed by atoms with van der Waals surface area (Å²) in [4.78, 5) is 11.5.